The lowest BCUT2D eigenvalue weighted by atomic mass is 10.1. The number of rotatable bonds is 4. The van der Waals surface area contributed by atoms with Crippen molar-refractivity contribution in [3.05, 3.63) is 63.6 Å². The number of aromatic nitrogens is 2. The van der Waals surface area contributed by atoms with Crippen molar-refractivity contribution in [3.63, 3.8) is 0 Å². The van der Waals surface area contributed by atoms with E-state index in [-0.39, 0.29) is 24.2 Å². The van der Waals surface area contributed by atoms with Crippen molar-refractivity contribution in [1.29, 1.82) is 0 Å². The molecule has 0 saturated carbocycles. The number of hydrogen-bond acceptors (Lipinski definition) is 4. The Morgan fingerprint density at radius 1 is 1.17 bits per heavy atom. The number of carbonyl (C=O) groups is 1. The van der Waals surface area contributed by atoms with Gasteiger partial charge in [0.1, 0.15) is 0 Å². The van der Waals surface area contributed by atoms with Gasteiger partial charge < -0.3 is 4.42 Å². The summed E-state index contributed by atoms with van der Waals surface area (Å²) >= 11 is 12.0. The first-order chi connectivity index (χ1) is 11.5. The van der Waals surface area contributed by atoms with Gasteiger partial charge in [-0.1, -0.05) is 58.1 Å². The first kappa shape index (κ1) is 16.5. The minimum atomic E-state index is -0.238. The number of anilines is 1. The van der Waals surface area contributed by atoms with Crippen LogP contribution in [0.3, 0.4) is 0 Å². The summed E-state index contributed by atoms with van der Waals surface area (Å²) in [6, 6.07) is 12.7. The molecule has 0 aliphatic rings. The van der Waals surface area contributed by atoms with Gasteiger partial charge in [-0.3, -0.25) is 10.1 Å². The summed E-state index contributed by atoms with van der Waals surface area (Å²) in [6.07, 6.45) is 0.223. The summed E-state index contributed by atoms with van der Waals surface area (Å²) in [5, 5.41) is 11.2. The summed E-state index contributed by atoms with van der Waals surface area (Å²) in [7, 11) is 0. The Morgan fingerprint density at radius 2 is 2.00 bits per heavy atom. The van der Waals surface area contributed by atoms with Crippen LogP contribution in [-0.2, 0) is 11.2 Å². The molecular weight excluding hydrogens is 349 g/mol. The Bertz CT molecular complexity index is 893. The second-order valence-corrected chi connectivity index (χ2v) is 6.09. The van der Waals surface area contributed by atoms with Gasteiger partial charge in [0.05, 0.1) is 17.0 Å². The molecule has 24 heavy (non-hydrogen) atoms. The maximum atomic E-state index is 12.1. The highest BCUT2D eigenvalue weighted by Gasteiger charge is 2.14. The molecule has 3 aromatic rings. The maximum Gasteiger partial charge on any atom is 0.322 e. The van der Waals surface area contributed by atoms with Crippen molar-refractivity contribution in [3.8, 4) is 11.5 Å². The highest BCUT2D eigenvalue weighted by molar-refractivity contribution is 6.36. The van der Waals surface area contributed by atoms with Crippen LogP contribution < -0.4 is 5.32 Å². The molecule has 0 unspecified atom stereocenters. The zero-order valence-electron chi connectivity index (χ0n) is 12.7. The van der Waals surface area contributed by atoms with Gasteiger partial charge in [-0.05, 0) is 30.7 Å². The van der Waals surface area contributed by atoms with Gasteiger partial charge in [-0.15, -0.1) is 5.10 Å². The molecule has 1 heterocycles. The van der Waals surface area contributed by atoms with Crippen molar-refractivity contribution in [2.75, 3.05) is 5.32 Å². The monoisotopic (exact) mass is 361 g/mol. The second-order valence-electron chi connectivity index (χ2n) is 5.25. The lowest BCUT2D eigenvalue weighted by Gasteiger charge is -2.02. The van der Waals surface area contributed by atoms with Crippen molar-refractivity contribution in [2.45, 2.75) is 13.3 Å². The zero-order chi connectivity index (χ0) is 17.1. The third kappa shape index (κ3) is 3.93. The van der Waals surface area contributed by atoms with E-state index in [9.17, 15) is 4.79 Å². The normalized spacial score (nSPS) is 10.6. The lowest BCUT2D eigenvalue weighted by molar-refractivity contribution is -0.115. The number of carbonyl (C=O) groups excluding carboxylic acids is 1. The van der Waals surface area contributed by atoms with Crippen LogP contribution in [0.1, 0.15) is 11.1 Å². The van der Waals surface area contributed by atoms with Crippen LogP contribution in [0, 0.1) is 6.92 Å². The van der Waals surface area contributed by atoms with Crippen LogP contribution in [0.25, 0.3) is 11.5 Å². The second kappa shape index (κ2) is 7.03. The Morgan fingerprint density at radius 3 is 2.75 bits per heavy atom. The number of halogens is 2. The minimum absolute atomic E-state index is 0.0219. The number of amides is 1. The van der Waals surface area contributed by atoms with E-state index in [1.807, 2.05) is 31.2 Å². The van der Waals surface area contributed by atoms with Gasteiger partial charge in [0.15, 0.2) is 0 Å². The average molecular weight is 362 g/mol. The van der Waals surface area contributed by atoms with Crippen LogP contribution in [0.5, 0.6) is 0 Å². The quantitative estimate of drug-likeness (QED) is 0.740. The molecule has 7 heteroatoms. The van der Waals surface area contributed by atoms with Crippen LogP contribution in [0.4, 0.5) is 6.01 Å². The van der Waals surface area contributed by atoms with E-state index in [1.165, 1.54) is 0 Å². The number of aryl methyl sites for hydroxylation is 1. The fraction of sp³-hybridized carbons (Fsp3) is 0.118. The van der Waals surface area contributed by atoms with Crippen LogP contribution >= 0.6 is 23.2 Å². The topological polar surface area (TPSA) is 68.0 Å². The highest BCUT2D eigenvalue weighted by Crippen LogP contribution is 2.30. The van der Waals surface area contributed by atoms with E-state index in [0.717, 1.165) is 11.1 Å². The molecule has 0 radical (unpaired) electrons. The summed E-state index contributed by atoms with van der Waals surface area (Å²) in [6.45, 7) is 1.97. The number of nitrogens with zero attached hydrogens (tertiary/aromatic N) is 2. The number of hydrogen-bond donors (Lipinski definition) is 1. The van der Waals surface area contributed by atoms with Gasteiger partial charge in [-0.2, -0.15) is 0 Å². The highest BCUT2D eigenvalue weighted by atomic mass is 35.5. The molecule has 0 fully saturated rings. The summed E-state index contributed by atoms with van der Waals surface area (Å²) in [5.41, 5.74) is 2.55. The van der Waals surface area contributed by atoms with Crippen molar-refractivity contribution >= 4 is 35.1 Å². The van der Waals surface area contributed by atoms with E-state index < -0.39 is 0 Å². The van der Waals surface area contributed by atoms with Crippen LogP contribution in [-0.4, -0.2) is 16.1 Å². The maximum absolute atomic E-state index is 12.1. The fourth-order valence-corrected chi connectivity index (χ4v) is 2.71. The molecule has 0 aliphatic carbocycles. The molecule has 5 nitrogen and oxygen atoms in total. The zero-order valence-corrected chi connectivity index (χ0v) is 14.2. The van der Waals surface area contributed by atoms with E-state index >= 15 is 0 Å². The van der Waals surface area contributed by atoms with E-state index in [0.29, 0.717) is 15.6 Å². The van der Waals surface area contributed by atoms with Gasteiger partial charge >= 0.3 is 6.01 Å². The molecule has 0 bridgehead atoms. The molecule has 122 valence electrons. The standard InChI is InChI=1S/C17H13Cl2N3O2/c1-10-3-2-4-11(7-10)8-15(23)20-17-22-21-16(24-17)13-6-5-12(18)9-14(13)19/h2-7,9H,8H2,1H3,(H,20,22,23). The Hall–Kier alpha value is -2.37. The third-order valence-electron chi connectivity index (χ3n) is 3.28. The third-order valence-corrected chi connectivity index (χ3v) is 3.83. The van der Waals surface area contributed by atoms with Crippen molar-refractivity contribution in [1.82, 2.24) is 10.2 Å². The number of nitrogens with one attached hydrogen (secondary N) is 1. The smallest absolute Gasteiger partial charge is 0.322 e. The van der Waals surface area contributed by atoms with E-state index in [1.54, 1.807) is 18.2 Å². The summed E-state index contributed by atoms with van der Waals surface area (Å²) in [4.78, 5) is 12.1. The molecule has 3 rings (SSSR count). The van der Waals surface area contributed by atoms with Crippen molar-refractivity contribution < 1.29 is 9.21 Å². The Kier molecular flexibility index (Phi) is 4.83. The largest absolute Gasteiger partial charge is 0.403 e. The van der Waals surface area contributed by atoms with Crippen LogP contribution in [0.2, 0.25) is 10.0 Å². The Labute approximate surface area is 148 Å². The van der Waals surface area contributed by atoms with Gasteiger partial charge in [-0.25, -0.2) is 0 Å². The first-order valence-electron chi connectivity index (χ1n) is 7.15. The molecule has 0 atom stereocenters. The Balaban J connectivity index is 1.70. The predicted octanol–water partition coefficient (Wildman–Crippen LogP) is 4.53. The SMILES string of the molecule is Cc1cccc(CC(=O)Nc2nnc(-c3ccc(Cl)cc3Cl)o2)c1. The number of benzene rings is 2. The molecule has 0 saturated heterocycles. The molecule has 0 aliphatic heterocycles. The van der Waals surface area contributed by atoms with E-state index in [4.69, 9.17) is 27.6 Å². The van der Waals surface area contributed by atoms with Gasteiger partial charge in [0.2, 0.25) is 5.91 Å². The van der Waals surface area contributed by atoms with E-state index in [2.05, 4.69) is 15.5 Å². The van der Waals surface area contributed by atoms with Crippen LogP contribution in [0.15, 0.2) is 46.9 Å². The minimum Gasteiger partial charge on any atom is -0.403 e. The molecule has 1 aromatic heterocycles. The molecule has 2 aromatic carbocycles. The van der Waals surface area contributed by atoms with Crippen molar-refractivity contribution in [2.24, 2.45) is 0 Å². The molecule has 1 N–H and O–H groups in total. The molecular formula is C17H13Cl2N3O2. The van der Waals surface area contributed by atoms with Gasteiger partial charge in [0, 0.05) is 5.02 Å². The first-order valence-corrected chi connectivity index (χ1v) is 7.91. The summed E-state index contributed by atoms with van der Waals surface area (Å²) < 4.78 is 5.44. The predicted molar refractivity (Wildman–Crippen MR) is 93.3 cm³/mol. The molecule has 1 amide bonds. The molecule has 0 spiro atoms. The van der Waals surface area contributed by atoms with Gasteiger partial charge in [0.25, 0.3) is 5.89 Å². The fourth-order valence-electron chi connectivity index (χ4n) is 2.22. The average Bonchev–Trinajstić information content (AvgIpc) is 2.95. The lowest BCUT2D eigenvalue weighted by Crippen LogP contribution is -2.14. The summed E-state index contributed by atoms with van der Waals surface area (Å²) in [5.74, 6) is -0.0273.